The topological polar surface area (TPSA) is 28.2 Å². The van der Waals surface area contributed by atoms with E-state index in [0.29, 0.717) is 30.9 Å². The van der Waals surface area contributed by atoms with E-state index in [1.54, 1.807) is 4.90 Å². The van der Waals surface area contributed by atoms with Crippen LogP contribution in [0.1, 0.15) is 13.8 Å². The Morgan fingerprint density at radius 1 is 1.44 bits per heavy atom. The second kappa shape index (κ2) is 4.33. The molecular weight excluding hydrogens is 212 g/mol. The second-order valence-corrected chi connectivity index (χ2v) is 4.36. The lowest BCUT2D eigenvalue weighted by atomic mass is 10.1. The summed E-state index contributed by atoms with van der Waals surface area (Å²) in [5.41, 5.74) is 0.300. The van der Waals surface area contributed by atoms with E-state index in [4.69, 9.17) is 0 Å². The van der Waals surface area contributed by atoms with Gasteiger partial charge in [-0.15, -0.1) is 0 Å². The Morgan fingerprint density at radius 3 is 2.75 bits per heavy atom. The van der Waals surface area contributed by atoms with Crippen LogP contribution in [0.2, 0.25) is 0 Å². The number of rotatable bonds is 3. The number of nitrogens with zero attached hydrogens (tertiary/aromatic N) is 2. The molecule has 1 aromatic heterocycles. The number of halogens is 2. The van der Waals surface area contributed by atoms with E-state index in [1.165, 1.54) is 12.3 Å². The van der Waals surface area contributed by atoms with E-state index in [1.807, 2.05) is 0 Å². The molecule has 0 aromatic carbocycles. The van der Waals surface area contributed by atoms with Crippen molar-refractivity contribution in [3.05, 3.63) is 24.0 Å². The van der Waals surface area contributed by atoms with E-state index in [0.717, 1.165) is 0 Å². The first-order valence-electron chi connectivity index (χ1n) is 5.39. The van der Waals surface area contributed by atoms with E-state index >= 15 is 0 Å². The van der Waals surface area contributed by atoms with E-state index in [9.17, 15) is 8.78 Å². The van der Waals surface area contributed by atoms with Crippen molar-refractivity contribution < 1.29 is 8.78 Å². The third kappa shape index (κ3) is 2.14. The maximum atomic E-state index is 13.4. The molecule has 16 heavy (non-hydrogen) atoms. The molecule has 0 saturated carbocycles. The number of pyridine rings is 1. The lowest BCUT2D eigenvalue weighted by Gasteiger charge is -2.42. The molecule has 0 radical (unpaired) electrons. The third-order valence-corrected chi connectivity index (χ3v) is 2.62. The number of hydrogen-bond donors (Lipinski definition) is 1. The predicted octanol–water partition coefficient (Wildman–Crippen LogP) is 1.55. The van der Waals surface area contributed by atoms with Crippen LogP contribution in [0.15, 0.2) is 12.3 Å². The lowest BCUT2D eigenvalue weighted by Crippen LogP contribution is -2.59. The fourth-order valence-electron chi connectivity index (χ4n) is 1.91. The van der Waals surface area contributed by atoms with Gasteiger partial charge in [0.05, 0.1) is 5.69 Å². The largest absolute Gasteiger partial charge is 0.366 e. The molecule has 1 saturated heterocycles. The zero-order chi connectivity index (χ0) is 11.7. The number of aromatic nitrogens is 1. The smallest absolute Gasteiger partial charge is 0.251 e. The lowest BCUT2D eigenvalue weighted by molar-refractivity contribution is 0.382. The number of hydrogen-bond acceptors (Lipinski definition) is 3. The van der Waals surface area contributed by atoms with Gasteiger partial charge >= 0.3 is 0 Å². The van der Waals surface area contributed by atoms with Gasteiger partial charge in [-0.05, 0) is 6.07 Å². The van der Waals surface area contributed by atoms with Gasteiger partial charge in [0.2, 0.25) is 5.82 Å². The van der Waals surface area contributed by atoms with Crippen LogP contribution in [-0.4, -0.2) is 30.2 Å². The van der Waals surface area contributed by atoms with Crippen molar-refractivity contribution in [1.29, 1.82) is 0 Å². The standard InChI is InChI=1S/C11H15F2N3/c1-7(2)15-8-5-16(6-8)9-3-4-14-11(13)10(9)12/h3-4,7-8,15H,5-6H2,1-2H3. The van der Waals surface area contributed by atoms with Crippen molar-refractivity contribution in [3.63, 3.8) is 0 Å². The average molecular weight is 227 g/mol. The molecule has 0 spiro atoms. The molecule has 2 rings (SSSR count). The quantitative estimate of drug-likeness (QED) is 0.794. The summed E-state index contributed by atoms with van der Waals surface area (Å²) >= 11 is 0. The second-order valence-electron chi connectivity index (χ2n) is 4.36. The minimum atomic E-state index is -1.03. The van der Waals surface area contributed by atoms with Gasteiger partial charge in [0, 0.05) is 31.4 Å². The highest BCUT2D eigenvalue weighted by Gasteiger charge is 2.29. The summed E-state index contributed by atoms with van der Waals surface area (Å²) in [4.78, 5) is 5.07. The molecule has 0 aliphatic carbocycles. The van der Waals surface area contributed by atoms with Crippen molar-refractivity contribution >= 4 is 5.69 Å². The van der Waals surface area contributed by atoms with Crippen LogP contribution in [0.25, 0.3) is 0 Å². The molecule has 3 nitrogen and oxygen atoms in total. The Hall–Kier alpha value is -1.23. The average Bonchev–Trinajstić information content (AvgIpc) is 2.16. The van der Waals surface area contributed by atoms with Crippen molar-refractivity contribution in [1.82, 2.24) is 10.3 Å². The first-order chi connectivity index (χ1) is 7.58. The number of anilines is 1. The highest BCUT2D eigenvalue weighted by molar-refractivity contribution is 5.49. The van der Waals surface area contributed by atoms with Crippen LogP contribution in [0.3, 0.4) is 0 Å². The van der Waals surface area contributed by atoms with Gasteiger partial charge in [-0.25, -0.2) is 4.98 Å². The summed E-state index contributed by atoms with van der Waals surface area (Å²) < 4.78 is 26.2. The first-order valence-corrected chi connectivity index (χ1v) is 5.39. The van der Waals surface area contributed by atoms with Crippen LogP contribution >= 0.6 is 0 Å². The van der Waals surface area contributed by atoms with Crippen LogP contribution in [0.5, 0.6) is 0 Å². The van der Waals surface area contributed by atoms with Gasteiger partial charge in [-0.2, -0.15) is 8.78 Å². The number of nitrogens with one attached hydrogen (secondary N) is 1. The molecule has 1 aromatic rings. The normalized spacial score (nSPS) is 16.7. The Labute approximate surface area is 93.5 Å². The van der Waals surface area contributed by atoms with E-state index < -0.39 is 11.8 Å². The Balaban J connectivity index is 1.99. The molecule has 1 N–H and O–H groups in total. The maximum Gasteiger partial charge on any atom is 0.251 e. The minimum absolute atomic E-state index is 0.300. The van der Waals surface area contributed by atoms with Crippen LogP contribution < -0.4 is 10.2 Å². The van der Waals surface area contributed by atoms with Gasteiger partial charge in [0.25, 0.3) is 5.95 Å². The molecule has 1 fully saturated rings. The third-order valence-electron chi connectivity index (χ3n) is 2.62. The molecule has 88 valence electrons. The summed E-state index contributed by atoms with van der Waals surface area (Å²) in [6.45, 7) is 5.54. The van der Waals surface area contributed by atoms with Crippen LogP contribution in [0, 0.1) is 11.8 Å². The van der Waals surface area contributed by atoms with Crippen molar-refractivity contribution in [3.8, 4) is 0 Å². The van der Waals surface area contributed by atoms with Gasteiger partial charge in [-0.1, -0.05) is 13.8 Å². The zero-order valence-electron chi connectivity index (χ0n) is 9.37. The molecule has 0 unspecified atom stereocenters. The van der Waals surface area contributed by atoms with Crippen LogP contribution in [0.4, 0.5) is 14.5 Å². The van der Waals surface area contributed by atoms with E-state index in [2.05, 4.69) is 24.1 Å². The Morgan fingerprint density at radius 2 is 2.12 bits per heavy atom. The fraction of sp³-hybridized carbons (Fsp3) is 0.545. The molecule has 5 heteroatoms. The van der Waals surface area contributed by atoms with Gasteiger partial charge in [0.15, 0.2) is 0 Å². The highest BCUT2D eigenvalue weighted by Crippen LogP contribution is 2.24. The molecule has 2 heterocycles. The summed E-state index contributed by atoms with van der Waals surface area (Å²) in [7, 11) is 0. The molecule has 1 aliphatic rings. The predicted molar refractivity (Wildman–Crippen MR) is 58.4 cm³/mol. The zero-order valence-corrected chi connectivity index (χ0v) is 9.37. The first kappa shape index (κ1) is 11.3. The molecule has 0 bridgehead atoms. The maximum absolute atomic E-state index is 13.4. The summed E-state index contributed by atoms with van der Waals surface area (Å²) in [6, 6.07) is 2.27. The van der Waals surface area contributed by atoms with Crippen molar-refractivity contribution in [2.24, 2.45) is 0 Å². The minimum Gasteiger partial charge on any atom is -0.366 e. The van der Waals surface area contributed by atoms with Crippen LogP contribution in [-0.2, 0) is 0 Å². The van der Waals surface area contributed by atoms with Gasteiger partial charge in [0.1, 0.15) is 0 Å². The molecular formula is C11H15F2N3. The van der Waals surface area contributed by atoms with Gasteiger partial charge < -0.3 is 10.2 Å². The van der Waals surface area contributed by atoms with Crippen molar-refractivity contribution in [2.45, 2.75) is 25.9 Å². The van der Waals surface area contributed by atoms with E-state index in [-0.39, 0.29) is 0 Å². The summed E-state index contributed by atoms with van der Waals surface area (Å²) in [6.07, 6.45) is 1.29. The Kier molecular flexibility index (Phi) is 3.05. The monoisotopic (exact) mass is 227 g/mol. The Bertz CT molecular complexity index is 375. The molecule has 0 atom stereocenters. The highest BCUT2D eigenvalue weighted by atomic mass is 19.2. The van der Waals surface area contributed by atoms with Crippen molar-refractivity contribution in [2.75, 3.05) is 18.0 Å². The SMILES string of the molecule is CC(C)NC1CN(c2ccnc(F)c2F)C1. The summed E-state index contributed by atoms with van der Waals surface area (Å²) in [5.74, 6) is -1.89. The fourth-order valence-corrected chi connectivity index (χ4v) is 1.91. The molecule has 1 aliphatic heterocycles. The summed E-state index contributed by atoms with van der Waals surface area (Å²) in [5, 5.41) is 3.34. The molecule has 0 amide bonds. The van der Waals surface area contributed by atoms with Gasteiger partial charge in [-0.3, -0.25) is 0 Å².